The molecule has 16 heavy (non-hydrogen) atoms. The molecular formula is C14H18O2. The Kier molecular flexibility index (Phi) is 4.77. The van der Waals surface area contributed by atoms with Crippen LogP contribution in [0.1, 0.15) is 24.5 Å². The van der Waals surface area contributed by atoms with Crippen molar-refractivity contribution < 1.29 is 9.90 Å². The van der Waals surface area contributed by atoms with Crippen LogP contribution in [0.2, 0.25) is 0 Å². The first kappa shape index (κ1) is 12.5. The van der Waals surface area contributed by atoms with Gasteiger partial charge in [0.1, 0.15) is 0 Å². The highest BCUT2D eigenvalue weighted by Crippen LogP contribution is 2.14. The molecule has 0 spiro atoms. The largest absolute Gasteiger partial charge is 0.481 e. The van der Waals surface area contributed by atoms with Crippen molar-refractivity contribution in [1.82, 2.24) is 0 Å². The van der Waals surface area contributed by atoms with Crippen molar-refractivity contribution in [3.63, 3.8) is 0 Å². The maximum Gasteiger partial charge on any atom is 0.307 e. The summed E-state index contributed by atoms with van der Waals surface area (Å²) in [7, 11) is 0. The number of aryl methyl sites for hydroxylation is 1. The van der Waals surface area contributed by atoms with Crippen molar-refractivity contribution in [3.8, 4) is 0 Å². The van der Waals surface area contributed by atoms with E-state index in [9.17, 15) is 4.79 Å². The molecule has 0 heterocycles. The highest BCUT2D eigenvalue weighted by atomic mass is 16.4. The molecule has 0 saturated carbocycles. The van der Waals surface area contributed by atoms with E-state index in [1.165, 1.54) is 5.56 Å². The van der Waals surface area contributed by atoms with Crippen molar-refractivity contribution >= 4 is 5.97 Å². The number of carbonyl (C=O) groups is 1. The zero-order valence-corrected chi connectivity index (χ0v) is 9.81. The minimum atomic E-state index is -0.723. The summed E-state index contributed by atoms with van der Waals surface area (Å²) in [6.45, 7) is 3.93. The predicted octanol–water partition coefficient (Wildman–Crippen LogP) is 3.20. The number of hydrogen-bond donors (Lipinski definition) is 1. The van der Waals surface area contributed by atoms with E-state index in [0.29, 0.717) is 12.8 Å². The molecule has 0 amide bonds. The molecule has 0 aliphatic heterocycles. The van der Waals surface area contributed by atoms with Gasteiger partial charge in [0, 0.05) is 0 Å². The van der Waals surface area contributed by atoms with Gasteiger partial charge in [0.05, 0.1) is 5.92 Å². The summed E-state index contributed by atoms with van der Waals surface area (Å²) in [5.74, 6) is -1.04. The molecule has 86 valence electrons. The van der Waals surface area contributed by atoms with Crippen molar-refractivity contribution in [2.24, 2.45) is 5.92 Å². The molecule has 0 aromatic heterocycles. The second-order valence-corrected chi connectivity index (χ2v) is 4.03. The third-order valence-electron chi connectivity index (χ3n) is 2.57. The van der Waals surface area contributed by atoms with Crippen molar-refractivity contribution in [2.45, 2.75) is 26.7 Å². The molecule has 0 bridgehead atoms. The third-order valence-corrected chi connectivity index (χ3v) is 2.57. The standard InChI is InChI=1S/C14H18O2/c1-3-4-8-13(14(15)16)10-12-7-5-6-11(2)9-12/h3-7,9,13H,8,10H2,1-2H3,(H,15,16). The van der Waals surface area contributed by atoms with E-state index in [4.69, 9.17) is 5.11 Å². The molecule has 0 fully saturated rings. The van der Waals surface area contributed by atoms with Gasteiger partial charge in [0.25, 0.3) is 0 Å². The molecule has 1 aromatic carbocycles. The van der Waals surface area contributed by atoms with Gasteiger partial charge in [-0.3, -0.25) is 4.79 Å². The second-order valence-electron chi connectivity index (χ2n) is 4.03. The predicted molar refractivity (Wildman–Crippen MR) is 65.4 cm³/mol. The minimum absolute atomic E-state index is 0.321. The van der Waals surface area contributed by atoms with E-state index in [2.05, 4.69) is 0 Å². The highest BCUT2D eigenvalue weighted by Gasteiger charge is 2.16. The fraction of sp³-hybridized carbons (Fsp3) is 0.357. The summed E-state index contributed by atoms with van der Waals surface area (Å²) in [6.07, 6.45) is 5.00. The Morgan fingerprint density at radius 3 is 2.81 bits per heavy atom. The SMILES string of the molecule is CC=CCC(Cc1cccc(C)c1)C(=O)O. The van der Waals surface area contributed by atoms with E-state index < -0.39 is 5.97 Å². The van der Waals surface area contributed by atoms with Gasteiger partial charge in [-0.15, -0.1) is 0 Å². The molecule has 1 atom stereocenters. The summed E-state index contributed by atoms with van der Waals surface area (Å²) in [5, 5.41) is 9.10. The number of allylic oxidation sites excluding steroid dienone is 2. The Morgan fingerprint density at radius 2 is 2.25 bits per heavy atom. The zero-order valence-electron chi connectivity index (χ0n) is 9.81. The lowest BCUT2D eigenvalue weighted by atomic mass is 9.95. The van der Waals surface area contributed by atoms with Gasteiger partial charge in [-0.05, 0) is 32.3 Å². The smallest absolute Gasteiger partial charge is 0.307 e. The number of rotatable bonds is 5. The van der Waals surface area contributed by atoms with Crippen molar-refractivity contribution in [3.05, 3.63) is 47.5 Å². The van der Waals surface area contributed by atoms with Crippen LogP contribution >= 0.6 is 0 Å². The molecule has 0 aliphatic carbocycles. The molecule has 0 radical (unpaired) electrons. The Morgan fingerprint density at radius 1 is 1.50 bits per heavy atom. The van der Waals surface area contributed by atoms with E-state index in [0.717, 1.165) is 5.56 Å². The first-order chi connectivity index (χ1) is 7.63. The van der Waals surface area contributed by atoms with Crippen LogP contribution in [-0.2, 0) is 11.2 Å². The lowest BCUT2D eigenvalue weighted by Gasteiger charge is -2.10. The van der Waals surface area contributed by atoms with Gasteiger partial charge in [-0.25, -0.2) is 0 Å². The summed E-state index contributed by atoms with van der Waals surface area (Å²) >= 11 is 0. The molecule has 1 rings (SSSR count). The quantitative estimate of drug-likeness (QED) is 0.770. The second kappa shape index (κ2) is 6.11. The van der Waals surface area contributed by atoms with Crippen LogP contribution in [0.15, 0.2) is 36.4 Å². The molecule has 1 N–H and O–H groups in total. The Hall–Kier alpha value is -1.57. The maximum atomic E-state index is 11.1. The van der Waals surface area contributed by atoms with Crippen LogP contribution in [-0.4, -0.2) is 11.1 Å². The molecular weight excluding hydrogens is 200 g/mol. The van der Waals surface area contributed by atoms with Crippen LogP contribution in [0.5, 0.6) is 0 Å². The van der Waals surface area contributed by atoms with Gasteiger partial charge in [0.2, 0.25) is 0 Å². The fourth-order valence-corrected chi connectivity index (χ4v) is 1.70. The summed E-state index contributed by atoms with van der Waals surface area (Å²) in [6, 6.07) is 8.02. The number of carboxylic acid groups (broad SMARTS) is 1. The van der Waals surface area contributed by atoms with E-state index >= 15 is 0 Å². The molecule has 1 unspecified atom stereocenters. The Bertz CT molecular complexity index is 380. The van der Waals surface area contributed by atoms with Crippen LogP contribution in [0, 0.1) is 12.8 Å². The first-order valence-corrected chi connectivity index (χ1v) is 5.53. The third kappa shape index (κ3) is 3.89. The maximum absolute atomic E-state index is 11.1. The molecule has 1 aromatic rings. The van der Waals surface area contributed by atoms with E-state index in [1.54, 1.807) is 0 Å². The van der Waals surface area contributed by atoms with Gasteiger partial charge in [-0.2, -0.15) is 0 Å². The van der Waals surface area contributed by atoms with Gasteiger partial charge in [-0.1, -0.05) is 42.0 Å². The highest BCUT2D eigenvalue weighted by molar-refractivity contribution is 5.70. The van der Waals surface area contributed by atoms with Crippen LogP contribution in [0.3, 0.4) is 0 Å². The number of benzene rings is 1. The minimum Gasteiger partial charge on any atom is -0.481 e. The van der Waals surface area contributed by atoms with Crippen molar-refractivity contribution in [1.29, 1.82) is 0 Å². The molecule has 2 heteroatoms. The fourth-order valence-electron chi connectivity index (χ4n) is 1.70. The average Bonchev–Trinajstić information content (AvgIpc) is 2.24. The molecule has 0 saturated heterocycles. The average molecular weight is 218 g/mol. The van der Waals surface area contributed by atoms with E-state index in [1.807, 2.05) is 50.3 Å². The lowest BCUT2D eigenvalue weighted by molar-refractivity contribution is -0.141. The Labute approximate surface area is 96.6 Å². The monoisotopic (exact) mass is 218 g/mol. The normalized spacial score (nSPS) is 12.9. The molecule has 2 nitrogen and oxygen atoms in total. The van der Waals surface area contributed by atoms with Crippen molar-refractivity contribution in [2.75, 3.05) is 0 Å². The number of hydrogen-bond acceptors (Lipinski definition) is 1. The summed E-state index contributed by atoms with van der Waals surface area (Å²) in [4.78, 5) is 11.1. The zero-order chi connectivity index (χ0) is 12.0. The van der Waals surface area contributed by atoms with Gasteiger partial charge >= 0.3 is 5.97 Å². The topological polar surface area (TPSA) is 37.3 Å². The number of carboxylic acids is 1. The van der Waals surface area contributed by atoms with Crippen LogP contribution < -0.4 is 0 Å². The number of aliphatic carboxylic acids is 1. The Balaban J connectivity index is 2.71. The van der Waals surface area contributed by atoms with Crippen LogP contribution in [0.4, 0.5) is 0 Å². The first-order valence-electron chi connectivity index (χ1n) is 5.53. The van der Waals surface area contributed by atoms with Gasteiger partial charge in [0.15, 0.2) is 0 Å². The lowest BCUT2D eigenvalue weighted by Crippen LogP contribution is -2.15. The molecule has 0 aliphatic rings. The summed E-state index contributed by atoms with van der Waals surface area (Å²) < 4.78 is 0. The van der Waals surface area contributed by atoms with E-state index in [-0.39, 0.29) is 5.92 Å². The van der Waals surface area contributed by atoms with Gasteiger partial charge < -0.3 is 5.11 Å². The van der Waals surface area contributed by atoms with Crippen LogP contribution in [0.25, 0.3) is 0 Å². The summed E-state index contributed by atoms with van der Waals surface area (Å²) in [5.41, 5.74) is 2.27.